The molecule has 2 fully saturated rings. The second-order valence-corrected chi connectivity index (χ2v) is 5.25. The molecule has 2 unspecified atom stereocenters. The Bertz CT molecular complexity index is 415. The molecule has 5 nitrogen and oxygen atoms in total. The molecule has 3 aliphatic heterocycles. The molecule has 3 rings (SSSR count). The van der Waals surface area contributed by atoms with Gasteiger partial charge in [0.15, 0.2) is 0 Å². The summed E-state index contributed by atoms with van der Waals surface area (Å²) in [6.45, 7) is 4.17. The van der Waals surface area contributed by atoms with Gasteiger partial charge in [0.2, 0.25) is 5.91 Å². The van der Waals surface area contributed by atoms with Crippen molar-refractivity contribution in [2.45, 2.75) is 25.7 Å². The highest BCUT2D eigenvalue weighted by Crippen LogP contribution is 2.27. The first-order chi connectivity index (χ1) is 8.74. The summed E-state index contributed by atoms with van der Waals surface area (Å²) in [5, 5.41) is 4.46. The maximum atomic E-state index is 11.3. The monoisotopic (exact) mass is 248 g/mol. The summed E-state index contributed by atoms with van der Waals surface area (Å²) in [6.07, 6.45) is 8.54. The van der Waals surface area contributed by atoms with Crippen molar-refractivity contribution in [3.05, 3.63) is 23.5 Å². The number of hydrazine groups is 1. The predicted octanol–water partition coefficient (Wildman–Crippen LogP) is 0.619. The Morgan fingerprint density at radius 3 is 2.89 bits per heavy atom. The van der Waals surface area contributed by atoms with Gasteiger partial charge in [-0.3, -0.25) is 14.7 Å². The number of nitrogens with zero attached hydrogens (tertiary/aromatic N) is 3. The number of fused-ring (bicyclic) bond motifs is 4. The zero-order valence-corrected chi connectivity index (χ0v) is 10.6. The highest BCUT2D eigenvalue weighted by atomic mass is 16.1. The number of nitrogens with two attached hydrogens (primary N) is 1. The number of hydrogen-bond donors (Lipinski definition) is 1. The Kier molecular flexibility index (Phi) is 3.09. The van der Waals surface area contributed by atoms with Crippen molar-refractivity contribution in [3.63, 3.8) is 0 Å². The van der Waals surface area contributed by atoms with Crippen LogP contribution in [-0.4, -0.2) is 47.1 Å². The van der Waals surface area contributed by atoms with Crippen LogP contribution in [0.1, 0.15) is 25.7 Å². The number of allylic oxidation sites excluding steroid dienone is 1. The van der Waals surface area contributed by atoms with Gasteiger partial charge in [-0.2, -0.15) is 0 Å². The van der Waals surface area contributed by atoms with Crippen molar-refractivity contribution in [1.29, 1.82) is 0 Å². The molecule has 0 radical (unpaired) electrons. The summed E-state index contributed by atoms with van der Waals surface area (Å²) in [6, 6.07) is 0. The lowest BCUT2D eigenvalue weighted by Crippen LogP contribution is -2.55. The van der Waals surface area contributed by atoms with Crippen molar-refractivity contribution in [2.24, 2.45) is 5.73 Å². The van der Waals surface area contributed by atoms with Gasteiger partial charge in [0.05, 0.1) is 6.67 Å². The van der Waals surface area contributed by atoms with Crippen LogP contribution in [0.25, 0.3) is 0 Å². The SMILES string of the molecule is NC(=O)C1=CN2C(=CC1)CN1CCCCCN2C1. The number of carbonyl (C=O) groups is 1. The van der Waals surface area contributed by atoms with Crippen LogP contribution in [0, 0.1) is 0 Å². The van der Waals surface area contributed by atoms with E-state index in [9.17, 15) is 4.79 Å². The van der Waals surface area contributed by atoms with Crippen LogP contribution < -0.4 is 5.73 Å². The van der Waals surface area contributed by atoms with Gasteiger partial charge in [-0.15, -0.1) is 0 Å². The normalized spacial score (nSPS) is 31.7. The number of hydrogen-bond acceptors (Lipinski definition) is 4. The van der Waals surface area contributed by atoms with Crippen molar-refractivity contribution < 1.29 is 4.79 Å². The highest BCUT2D eigenvalue weighted by Gasteiger charge is 2.30. The number of rotatable bonds is 1. The second-order valence-electron chi connectivity index (χ2n) is 5.25. The molecule has 1 amide bonds. The minimum Gasteiger partial charge on any atom is -0.366 e. The third-order valence-corrected chi connectivity index (χ3v) is 3.89. The lowest BCUT2D eigenvalue weighted by Gasteiger charge is -2.47. The summed E-state index contributed by atoms with van der Waals surface area (Å²) in [4.78, 5) is 13.8. The molecule has 0 spiro atoms. The van der Waals surface area contributed by atoms with E-state index in [2.05, 4.69) is 21.0 Å². The van der Waals surface area contributed by atoms with E-state index in [1.165, 1.54) is 31.5 Å². The van der Waals surface area contributed by atoms with Crippen LogP contribution in [0.4, 0.5) is 0 Å². The van der Waals surface area contributed by atoms with Gasteiger partial charge in [0.25, 0.3) is 0 Å². The average molecular weight is 248 g/mol. The molecule has 0 aromatic carbocycles. The van der Waals surface area contributed by atoms with E-state index >= 15 is 0 Å². The molecule has 0 saturated carbocycles. The van der Waals surface area contributed by atoms with Gasteiger partial charge in [-0.1, -0.05) is 12.5 Å². The predicted molar refractivity (Wildman–Crippen MR) is 68.8 cm³/mol. The molecule has 3 aliphatic rings. The molecular formula is C13H20N4O. The fourth-order valence-electron chi connectivity index (χ4n) is 2.88. The summed E-state index contributed by atoms with van der Waals surface area (Å²) in [5.74, 6) is -0.306. The third kappa shape index (κ3) is 2.15. The Morgan fingerprint density at radius 1 is 1.22 bits per heavy atom. The molecule has 18 heavy (non-hydrogen) atoms. The van der Waals surface area contributed by atoms with E-state index in [4.69, 9.17) is 5.73 Å². The van der Waals surface area contributed by atoms with Crippen LogP contribution in [0.15, 0.2) is 23.5 Å². The first-order valence-corrected chi connectivity index (χ1v) is 6.70. The van der Waals surface area contributed by atoms with Gasteiger partial charge in [-0.05, 0) is 25.8 Å². The molecule has 98 valence electrons. The van der Waals surface area contributed by atoms with Gasteiger partial charge in [-0.25, -0.2) is 5.01 Å². The zero-order chi connectivity index (χ0) is 12.5. The van der Waals surface area contributed by atoms with E-state index < -0.39 is 0 Å². The minimum atomic E-state index is -0.306. The van der Waals surface area contributed by atoms with E-state index in [0.717, 1.165) is 19.8 Å². The maximum absolute atomic E-state index is 11.3. The molecule has 3 heterocycles. The first kappa shape index (κ1) is 11.7. The largest absolute Gasteiger partial charge is 0.366 e. The summed E-state index contributed by atoms with van der Waals surface area (Å²) in [5.41, 5.74) is 7.37. The summed E-state index contributed by atoms with van der Waals surface area (Å²) in [7, 11) is 0. The Morgan fingerprint density at radius 2 is 2.06 bits per heavy atom. The Hall–Kier alpha value is -1.33. The fourth-order valence-corrected chi connectivity index (χ4v) is 2.88. The molecule has 0 aromatic rings. The molecule has 2 N–H and O–H groups in total. The maximum Gasteiger partial charge on any atom is 0.246 e. The summed E-state index contributed by atoms with van der Waals surface area (Å²) < 4.78 is 0. The van der Waals surface area contributed by atoms with Gasteiger partial charge >= 0.3 is 0 Å². The molecule has 2 atom stereocenters. The average Bonchev–Trinajstić information content (AvgIpc) is 2.35. The number of primary amides is 1. The summed E-state index contributed by atoms with van der Waals surface area (Å²) >= 11 is 0. The smallest absolute Gasteiger partial charge is 0.246 e. The van der Waals surface area contributed by atoms with E-state index in [1.54, 1.807) is 0 Å². The lowest BCUT2D eigenvalue weighted by molar-refractivity contribution is -0.115. The third-order valence-electron chi connectivity index (χ3n) is 3.89. The second kappa shape index (κ2) is 4.74. The Labute approximate surface area is 107 Å². The molecule has 2 bridgehead atoms. The number of carbonyl (C=O) groups excluding carboxylic acids is 1. The van der Waals surface area contributed by atoms with Crippen molar-refractivity contribution >= 4 is 5.91 Å². The minimum absolute atomic E-state index is 0.306. The van der Waals surface area contributed by atoms with Crippen LogP contribution in [0.5, 0.6) is 0 Å². The molecular weight excluding hydrogens is 228 g/mol. The van der Waals surface area contributed by atoms with Crippen molar-refractivity contribution in [2.75, 3.05) is 26.3 Å². The molecule has 0 aromatic heterocycles. The van der Waals surface area contributed by atoms with Crippen LogP contribution in [0.2, 0.25) is 0 Å². The molecule has 5 heteroatoms. The van der Waals surface area contributed by atoms with Gasteiger partial charge < -0.3 is 5.73 Å². The van der Waals surface area contributed by atoms with Crippen molar-refractivity contribution in [3.8, 4) is 0 Å². The first-order valence-electron chi connectivity index (χ1n) is 6.70. The molecule has 0 aliphatic carbocycles. The fraction of sp³-hybridized carbons (Fsp3) is 0.615. The topological polar surface area (TPSA) is 52.8 Å². The van der Waals surface area contributed by atoms with E-state index in [1.807, 2.05) is 6.20 Å². The van der Waals surface area contributed by atoms with Crippen LogP contribution in [-0.2, 0) is 4.79 Å². The van der Waals surface area contributed by atoms with Crippen LogP contribution >= 0.6 is 0 Å². The number of amides is 1. The standard InChI is InChI=1S/C13H20N4O/c14-13(18)11-4-5-12-9-15-6-2-1-3-7-16(10-15)17(12)8-11/h5,8H,1-4,6-7,9-10H2,(H2,14,18). The van der Waals surface area contributed by atoms with E-state index in [0.29, 0.717) is 12.0 Å². The molecule has 2 saturated heterocycles. The Balaban J connectivity index is 1.84. The van der Waals surface area contributed by atoms with Gasteiger partial charge in [0.1, 0.15) is 0 Å². The highest BCUT2D eigenvalue weighted by molar-refractivity contribution is 5.92. The van der Waals surface area contributed by atoms with E-state index in [-0.39, 0.29) is 5.91 Å². The van der Waals surface area contributed by atoms with Crippen molar-refractivity contribution in [1.82, 2.24) is 14.9 Å². The zero-order valence-electron chi connectivity index (χ0n) is 10.6. The lowest BCUT2D eigenvalue weighted by atomic mass is 10.1. The van der Waals surface area contributed by atoms with Gasteiger partial charge in [0, 0.05) is 30.6 Å². The van der Waals surface area contributed by atoms with Crippen LogP contribution in [0.3, 0.4) is 0 Å². The quantitative estimate of drug-likeness (QED) is 0.739.